The van der Waals surface area contributed by atoms with Crippen molar-refractivity contribution in [2.45, 2.75) is 19.6 Å². The fourth-order valence-corrected chi connectivity index (χ4v) is 3.91. The molecule has 0 fully saturated rings. The van der Waals surface area contributed by atoms with E-state index >= 15 is 0 Å². The Morgan fingerprint density at radius 3 is 2.67 bits per heavy atom. The first-order valence-corrected chi connectivity index (χ1v) is 9.68. The summed E-state index contributed by atoms with van der Waals surface area (Å²) in [4.78, 5) is 30.8. The van der Waals surface area contributed by atoms with E-state index in [4.69, 9.17) is 27.9 Å². The van der Waals surface area contributed by atoms with E-state index in [0.717, 1.165) is 15.2 Å². The van der Waals surface area contributed by atoms with Crippen LogP contribution in [0.15, 0.2) is 42.5 Å². The number of aromatic nitrogens is 1. The smallest absolute Gasteiger partial charge is 0.340 e. The average molecular weight is 423 g/mol. The Morgan fingerprint density at radius 1 is 1.19 bits per heavy atom. The van der Waals surface area contributed by atoms with Crippen LogP contribution >= 0.6 is 34.5 Å². The van der Waals surface area contributed by atoms with Gasteiger partial charge < -0.3 is 9.64 Å². The molecule has 0 radical (unpaired) electrons. The molecular formula is C19H16Cl2N2O3S. The fraction of sp³-hybridized carbons (Fsp3) is 0.211. The molecule has 1 aromatic heterocycles. The first kappa shape index (κ1) is 19.6. The molecule has 5 nitrogen and oxygen atoms in total. The number of rotatable bonds is 5. The zero-order chi connectivity index (χ0) is 19.6. The van der Waals surface area contributed by atoms with Crippen molar-refractivity contribution in [3.8, 4) is 0 Å². The quantitative estimate of drug-likeness (QED) is 0.553. The summed E-state index contributed by atoms with van der Waals surface area (Å²) in [7, 11) is 1.64. The lowest BCUT2D eigenvalue weighted by Gasteiger charge is -2.20. The highest BCUT2D eigenvalue weighted by molar-refractivity contribution is 7.18. The Hall–Kier alpha value is -2.15. The molecule has 1 atom stereocenters. The largest absolute Gasteiger partial charge is 0.449 e. The van der Waals surface area contributed by atoms with Crippen LogP contribution < -0.4 is 0 Å². The van der Waals surface area contributed by atoms with Crippen LogP contribution in [0.1, 0.15) is 22.3 Å². The lowest BCUT2D eigenvalue weighted by Crippen LogP contribution is -2.37. The number of hydrogen-bond acceptors (Lipinski definition) is 5. The van der Waals surface area contributed by atoms with Crippen LogP contribution in [0, 0.1) is 0 Å². The zero-order valence-corrected chi connectivity index (χ0v) is 16.9. The van der Waals surface area contributed by atoms with E-state index in [0.29, 0.717) is 6.54 Å². The van der Waals surface area contributed by atoms with Crippen molar-refractivity contribution >= 4 is 56.6 Å². The zero-order valence-electron chi connectivity index (χ0n) is 14.6. The molecule has 0 spiro atoms. The predicted octanol–water partition coefficient (Wildman–Crippen LogP) is 4.81. The van der Waals surface area contributed by atoms with Gasteiger partial charge in [0.25, 0.3) is 5.91 Å². The number of carbonyl (C=O) groups is 2. The molecule has 2 aromatic carbocycles. The van der Waals surface area contributed by atoms with Gasteiger partial charge in [0, 0.05) is 7.05 Å². The van der Waals surface area contributed by atoms with Gasteiger partial charge in [-0.15, -0.1) is 11.3 Å². The third-order valence-corrected chi connectivity index (χ3v) is 5.73. The maximum Gasteiger partial charge on any atom is 0.340 e. The summed E-state index contributed by atoms with van der Waals surface area (Å²) in [5.41, 5.74) is 1.02. The Labute approximate surface area is 170 Å². The molecule has 0 aliphatic rings. The SMILES string of the molecule is CC(OC(=O)c1cccc(Cl)c1Cl)C(=O)N(C)Cc1nc2ccccc2s1. The van der Waals surface area contributed by atoms with Gasteiger partial charge in [0.2, 0.25) is 0 Å². The van der Waals surface area contributed by atoms with E-state index in [1.807, 2.05) is 24.3 Å². The van der Waals surface area contributed by atoms with Crippen molar-refractivity contribution in [2.75, 3.05) is 7.05 Å². The average Bonchev–Trinajstić information content (AvgIpc) is 3.05. The molecule has 8 heteroatoms. The number of thiazole rings is 1. The summed E-state index contributed by atoms with van der Waals surface area (Å²) < 4.78 is 6.32. The van der Waals surface area contributed by atoms with Gasteiger partial charge >= 0.3 is 5.97 Å². The number of halogens is 2. The standard InChI is InChI=1S/C19H16Cl2N2O3S/c1-11(26-19(25)12-6-5-7-13(20)17(12)21)18(24)23(2)10-16-22-14-8-3-4-9-15(14)27-16/h3-9,11H,10H2,1-2H3. The summed E-state index contributed by atoms with van der Waals surface area (Å²) in [6, 6.07) is 12.4. The van der Waals surface area contributed by atoms with Crippen molar-refractivity contribution in [1.82, 2.24) is 9.88 Å². The second-order valence-corrected chi connectivity index (χ2v) is 7.82. The Balaban J connectivity index is 1.65. The van der Waals surface area contributed by atoms with Gasteiger partial charge in [-0.1, -0.05) is 41.4 Å². The van der Waals surface area contributed by atoms with Crippen molar-refractivity contribution in [1.29, 1.82) is 0 Å². The molecule has 0 saturated carbocycles. The number of nitrogens with zero attached hydrogens (tertiary/aromatic N) is 2. The molecule has 27 heavy (non-hydrogen) atoms. The van der Waals surface area contributed by atoms with E-state index in [2.05, 4.69) is 4.98 Å². The Bertz CT molecular complexity index is 973. The third-order valence-electron chi connectivity index (χ3n) is 3.89. The van der Waals surface area contributed by atoms with Crippen LogP contribution in [0.5, 0.6) is 0 Å². The molecule has 1 heterocycles. The molecule has 140 valence electrons. The Kier molecular flexibility index (Phi) is 5.99. The van der Waals surface area contributed by atoms with Crippen molar-refractivity contribution in [3.63, 3.8) is 0 Å². The highest BCUT2D eigenvalue weighted by atomic mass is 35.5. The number of carbonyl (C=O) groups excluding carboxylic acids is 2. The van der Waals surface area contributed by atoms with Crippen LogP contribution in [-0.4, -0.2) is 34.9 Å². The normalized spacial score (nSPS) is 12.0. The molecule has 0 aliphatic carbocycles. The molecular weight excluding hydrogens is 407 g/mol. The number of benzene rings is 2. The minimum Gasteiger partial charge on any atom is -0.449 e. The molecule has 0 aliphatic heterocycles. The van der Waals surface area contributed by atoms with Gasteiger partial charge in [0.1, 0.15) is 5.01 Å². The molecule has 1 unspecified atom stereocenters. The van der Waals surface area contributed by atoms with Crippen LogP contribution in [0.3, 0.4) is 0 Å². The maximum atomic E-state index is 12.5. The van der Waals surface area contributed by atoms with Gasteiger partial charge in [-0.2, -0.15) is 0 Å². The lowest BCUT2D eigenvalue weighted by molar-refractivity contribution is -0.139. The van der Waals surface area contributed by atoms with Crippen LogP contribution in [0.25, 0.3) is 10.2 Å². The van der Waals surface area contributed by atoms with Crippen LogP contribution in [0.4, 0.5) is 0 Å². The van der Waals surface area contributed by atoms with Gasteiger partial charge in [-0.3, -0.25) is 4.79 Å². The van der Waals surface area contributed by atoms with Crippen LogP contribution in [-0.2, 0) is 16.1 Å². The molecule has 0 N–H and O–H groups in total. The van der Waals surface area contributed by atoms with Gasteiger partial charge in [-0.25, -0.2) is 9.78 Å². The number of para-hydroxylation sites is 1. The van der Waals surface area contributed by atoms with Gasteiger partial charge in [-0.05, 0) is 31.2 Å². The van der Waals surface area contributed by atoms with Gasteiger partial charge in [0.15, 0.2) is 6.10 Å². The molecule has 0 saturated heterocycles. The Morgan fingerprint density at radius 2 is 1.93 bits per heavy atom. The minimum atomic E-state index is -0.966. The maximum absolute atomic E-state index is 12.5. The molecule has 3 rings (SSSR count). The first-order valence-electron chi connectivity index (χ1n) is 8.11. The summed E-state index contributed by atoms with van der Waals surface area (Å²) in [5, 5.41) is 1.16. The highest BCUT2D eigenvalue weighted by Crippen LogP contribution is 2.26. The summed E-state index contributed by atoms with van der Waals surface area (Å²) in [5.74, 6) is -1.03. The van der Waals surface area contributed by atoms with E-state index < -0.39 is 12.1 Å². The van der Waals surface area contributed by atoms with Crippen molar-refractivity contribution in [3.05, 3.63) is 63.1 Å². The lowest BCUT2D eigenvalue weighted by atomic mass is 10.2. The summed E-state index contributed by atoms with van der Waals surface area (Å²) in [6.07, 6.45) is -0.966. The summed E-state index contributed by atoms with van der Waals surface area (Å²) >= 11 is 13.5. The molecule has 1 amide bonds. The molecule has 0 bridgehead atoms. The number of esters is 1. The number of amides is 1. The van der Waals surface area contributed by atoms with Gasteiger partial charge in [0.05, 0.1) is 32.4 Å². The monoisotopic (exact) mass is 422 g/mol. The van der Waals surface area contributed by atoms with Crippen molar-refractivity contribution in [2.24, 2.45) is 0 Å². The van der Waals surface area contributed by atoms with Crippen LogP contribution in [0.2, 0.25) is 10.0 Å². The molecule has 3 aromatic rings. The number of ether oxygens (including phenoxy) is 1. The predicted molar refractivity (Wildman–Crippen MR) is 107 cm³/mol. The van der Waals surface area contributed by atoms with E-state index in [9.17, 15) is 9.59 Å². The minimum absolute atomic E-state index is 0.103. The fourth-order valence-electron chi connectivity index (χ4n) is 2.51. The highest BCUT2D eigenvalue weighted by Gasteiger charge is 2.24. The van der Waals surface area contributed by atoms with E-state index in [1.165, 1.54) is 29.2 Å². The number of fused-ring (bicyclic) bond motifs is 1. The third kappa shape index (κ3) is 4.40. The van der Waals surface area contributed by atoms with E-state index in [-0.39, 0.29) is 21.5 Å². The number of hydrogen-bond donors (Lipinski definition) is 0. The first-order chi connectivity index (χ1) is 12.9. The topological polar surface area (TPSA) is 59.5 Å². The van der Waals surface area contributed by atoms with Crippen molar-refractivity contribution < 1.29 is 14.3 Å². The second-order valence-electron chi connectivity index (χ2n) is 5.92. The van der Waals surface area contributed by atoms with E-state index in [1.54, 1.807) is 19.2 Å². The number of likely N-dealkylation sites (N-methyl/N-ethyl adjacent to an activating group) is 1. The second kappa shape index (κ2) is 8.25. The summed E-state index contributed by atoms with van der Waals surface area (Å²) in [6.45, 7) is 1.85.